The minimum atomic E-state index is -0.459. The number of nitrogens with zero attached hydrogens (tertiary/aromatic N) is 4. The van der Waals surface area contributed by atoms with Gasteiger partial charge in [0.25, 0.3) is 5.91 Å². The van der Waals surface area contributed by atoms with Gasteiger partial charge in [-0.15, -0.1) is 0 Å². The normalized spacial score (nSPS) is 27.1. The summed E-state index contributed by atoms with van der Waals surface area (Å²) in [6, 6.07) is 16.1. The summed E-state index contributed by atoms with van der Waals surface area (Å²) in [6.45, 7) is 1.64. The number of anilines is 1. The molecule has 3 saturated heterocycles. The maximum Gasteiger partial charge on any atom is 0.253 e. The average molecular weight is 437 g/mol. The van der Waals surface area contributed by atoms with E-state index in [1.807, 2.05) is 24.3 Å². The molecule has 3 atom stereocenters. The summed E-state index contributed by atoms with van der Waals surface area (Å²) < 4.78 is 0.983. The zero-order chi connectivity index (χ0) is 19.4. The second kappa shape index (κ2) is 6.52. The van der Waals surface area contributed by atoms with Crippen molar-refractivity contribution in [2.45, 2.75) is 18.5 Å². The number of amides is 2. The van der Waals surface area contributed by atoms with Crippen LogP contribution < -0.4 is 4.90 Å². The highest BCUT2D eigenvalue weighted by molar-refractivity contribution is 9.10. The minimum absolute atomic E-state index is 0.138. The number of carbonyl (C=O) groups excluding carboxylic acids is 2. The Hall–Kier alpha value is -2.53. The first-order valence-corrected chi connectivity index (χ1v) is 10.1. The van der Waals surface area contributed by atoms with Gasteiger partial charge in [0.15, 0.2) is 0 Å². The van der Waals surface area contributed by atoms with Crippen molar-refractivity contribution < 1.29 is 9.59 Å². The molecule has 3 heterocycles. The molecule has 3 fully saturated rings. The number of hydrazine groups is 1. The fraction of sp³-hybridized carbons (Fsp3) is 0.286. The Morgan fingerprint density at radius 1 is 0.893 bits per heavy atom. The highest BCUT2D eigenvalue weighted by Gasteiger charge is 2.62. The lowest BCUT2D eigenvalue weighted by Gasteiger charge is -2.29. The first-order valence-electron chi connectivity index (χ1n) is 9.27. The third-order valence-corrected chi connectivity index (χ3v) is 6.40. The fourth-order valence-corrected chi connectivity index (χ4v) is 4.98. The molecule has 2 amide bonds. The second-order valence-electron chi connectivity index (χ2n) is 7.32. The minimum Gasteiger partial charge on any atom is -0.274 e. The van der Waals surface area contributed by atoms with E-state index in [1.54, 1.807) is 24.3 Å². The number of imide groups is 1. The molecule has 0 radical (unpaired) electrons. The lowest BCUT2D eigenvalue weighted by Crippen LogP contribution is -2.44. The molecule has 28 heavy (non-hydrogen) atoms. The largest absolute Gasteiger partial charge is 0.274 e. The lowest BCUT2D eigenvalue weighted by atomic mass is 9.90. The standard InChI is InChI=1S/C21H17BrN4O2/c22-15-6-4-14(5-7-15)18-17-19(25-11-1-10-24(18)25)21(28)26(20(17)27)16-8-2-13(12-23)3-9-16/h2-9,17-19H,1,10-11H2/t17-,18-,19+/m0/s1. The van der Waals surface area contributed by atoms with Crippen LogP contribution in [0.1, 0.15) is 23.6 Å². The number of nitriles is 1. The van der Waals surface area contributed by atoms with Gasteiger partial charge in [0.2, 0.25) is 5.91 Å². The van der Waals surface area contributed by atoms with E-state index in [0.29, 0.717) is 11.3 Å². The first-order chi connectivity index (χ1) is 13.6. The van der Waals surface area contributed by atoms with Crippen molar-refractivity contribution in [3.05, 3.63) is 64.1 Å². The highest BCUT2D eigenvalue weighted by Crippen LogP contribution is 2.48. The molecule has 140 valence electrons. The summed E-state index contributed by atoms with van der Waals surface area (Å²) in [7, 11) is 0. The van der Waals surface area contributed by atoms with Crippen LogP contribution in [0.25, 0.3) is 0 Å². The number of carbonyl (C=O) groups is 2. The molecule has 3 aliphatic rings. The zero-order valence-corrected chi connectivity index (χ0v) is 16.5. The average Bonchev–Trinajstić information content (AvgIpc) is 3.35. The van der Waals surface area contributed by atoms with Crippen LogP contribution in [0.3, 0.4) is 0 Å². The molecular formula is C21H17BrN4O2. The smallest absolute Gasteiger partial charge is 0.253 e. The summed E-state index contributed by atoms with van der Waals surface area (Å²) in [5.41, 5.74) is 2.08. The van der Waals surface area contributed by atoms with Gasteiger partial charge < -0.3 is 0 Å². The van der Waals surface area contributed by atoms with Crippen molar-refractivity contribution in [3.8, 4) is 6.07 Å². The van der Waals surface area contributed by atoms with Gasteiger partial charge in [-0.05, 0) is 48.4 Å². The van der Waals surface area contributed by atoms with Gasteiger partial charge in [-0.2, -0.15) is 5.26 Å². The molecule has 6 nitrogen and oxygen atoms in total. The molecular weight excluding hydrogens is 420 g/mol. The van der Waals surface area contributed by atoms with Crippen molar-refractivity contribution in [2.75, 3.05) is 18.0 Å². The van der Waals surface area contributed by atoms with E-state index in [2.05, 4.69) is 32.0 Å². The van der Waals surface area contributed by atoms with Gasteiger partial charge >= 0.3 is 0 Å². The number of fused-ring (bicyclic) bond motifs is 3. The van der Waals surface area contributed by atoms with E-state index in [-0.39, 0.29) is 17.9 Å². The van der Waals surface area contributed by atoms with Gasteiger partial charge in [-0.3, -0.25) is 9.59 Å². The summed E-state index contributed by atoms with van der Waals surface area (Å²) >= 11 is 3.46. The van der Waals surface area contributed by atoms with Gasteiger partial charge in [-0.1, -0.05) is 28.1 Å². The van der Waals surface area contributed by atoms with Gasteiger partial charge in [0, 0.05) is 17.6 Å². The van der Waals surface area contributed by atoms with Crippen molar-refractivity contribution >= 4 is 33.4 Å². The molecule has 3 aliphatic heterocycles. The van der Waals surface area contributed by atoms with Crippen molar-refractivity contribution in [3.63, 3.8) is 0 Å². The number of halogens is 1. The summed E-state index contributed by atoms with van der Waals surface area (Å²) in [5.74, 6) is -0.766. The molecule has 5 rings (SSSR count). The maximum atomic E-state index is 13.4. The Bertz CT molecular complexity index is 999. The molecule has 0 spiro atoms. The second-order valence-corrected chi connectivity index (χ2v) is 8.23. The summed E-state index contributed by atoms with van der Waals surface area (Å²) in [4.78, 5) is 28.0. The summed E-state index contributed by atoms with van der Waals surface area (Å²) in [6.07, 6.45) is 0.981. The highest BCUT2D eigenvalue weighted by atomic mass is 79.9. The van der Waals surface area contributed by atoms with Gasteiger partial charge in [-0.25, -0.2) is 14.9 Å². The number of hydrogen-bond donors (Lipinski definition) is 0. The van der Waals surface area contributed by atoms with E-state index in [1.165, 1.54) is 4.90 Å². The van der Waals surface area contributed by atoms with Gasteiger partial charge in [0.1, 0.15) is 6.04 Å². The Balaban J connectivity index is 1.56. The van der Waals surface area contributed by atoms with E-state index < -0.39 is 12.0 Å². The Labute approximate surface area is 171 Å². The first kappa shape index (κ1) is 17.6. The molecule has 0 aliphatic carbocycles. The predicted molar refractivity (Wildman–Crippen MR) is 106 cm³/mol. The van der Waals surface area contributed by atoms with Crippen molar-refractivity contribution in [1.82, 2.24) is 10.0 Å². The van der Waals surface area contributed by atoms with Gasteiger partial charge in [0.05, 0.1) is 29.3 Å². The third kappa shape index (κ3) is 2.46. The van der Waals surface area contributed by atoms with Crippen LogP contribution in [0.4, 0.5) is 5.69 Å². The molecule has 0 bridgehead atoms. The maximum absolute atomic E-state index is 13.4. The molecule has 0 unspecified atom stereocenters. The quantitative estimate of drug-likeness (QED) is 0.677. The van der Waals surface area contributed by atoms with Crippen LogP contribution >= 0.6 is 15.9 Å². The van der Waals surface area contributed by atoms with Crippen LogP contribution in [0, 0.1) is 17.2 Å². The number of benzene rings is 2. The van der Waals surface area contributed by atoms with E-state index >= 15 is 0 Å². The van der Waals surface area contributed by atoms with Crippen LogP contribution in [0.5, 0.6) is 0 Å². The van der Waals surface area contributed by atoms with Crippen LogP contribution in [-0.2, 0) is 9.59 Å². The molecule has 7 heteroatoms. The lowest BCUT2D eigenvalue weighted by molar-refractivity contribution is -0.126. The summed E-state index contributed by atoms with van der Waals surface area (Å²) in [5, 5.41) is 13.3. The third-order valence-electron chi connectivity index (χ3n) is 5.87. The molecule has 0 N–H and O–H groups in total. The Morgan fingerprint density at radius 3 is 2.18 bits per heavy atom. The van der Waals surface area contributed by atoms with Crippen LogP contribution in [0.15, 0.2) is 53.0 Å². The number of rotatable bonds is 2. The van der Waals surface area contributed by atoms with Crippen LogP contribution in [-0.4, -0.2) is 41.0 Å². The molecule has 2 aromatic rings. The van der Waals surface area contributed by atoms with Crippen LogP contribution in [0.2, 0.25) is 0 Å². The predicted octanol–water partition coefficient (Wildman–Crippen LogP) is 2.86. The molecule has 0 aromatic heterocycles. The number of hydrogen-bond acceptors (Lipinski definition) is 5. The van der Waals surface area contributed by atoms with E-state index in [4.69, 9.17) is 5.26 Å². The molecule has 2 aromatic carbocycles. The van der Waals surface area contributed by atoms with Crippen molar-refractivity contribution in [1.29, 1.82) is 5.26 Å². The topological polar surface area (TPSA) is 67.6 Å². The Morgan fingerprint density at radius 2 is 1.54 bits per heavy atom. The fourth-order valence-electron chi connectivity index (χ4n) is 4.71. The SMILES string of the molecule is N#Cc1ccc(N2C(=O)[C@@H]3[C@H](C2=O)N2CCCN2[C@H]3c2ccc(Br)cc2)cc1. The molecule has 0 saturated carbocycles. The van der Waals surface area contributed by atoms with Crippen molar-refractivity contribution in [2.24, 2.45) is 5.92 Å². The Kier molecular flexibility index (Phi) is 4.09. The van der Waals surface area contributed by atoms with E-state index in [0.717, 1.165) is 29.5 Å². The van der Waals surface area contributed by atoms with E-state index in [9.17, 15) is 9.59 Å². The zero-order valence-electron chi connectivity index (χ0n) is 15.0. The monoisotopic (exact) mass is 436 g/mol.